The molecule has 0 heterocycles. The van der Waals surface area contributed by atoms with Gasteiger partial charge in [0, 0.05) is 25.2 Å². The standard InChI is InChI=1S/C19H30ClN3O3/c1-3-21-19(22-12-17(24)14-25-13-15-4-5-15)23(2)10-11-26-18-8-6-16(20)7-9-18/h6-9,15,17,24H,3-5,10-14H2,1-2H3,(H,21,22). The zero-order valence-electron chi connectivity index (χ0n) is 15.7. The van der Waals surface area contributed by atoms with Crippen molar-refractivity contribution in [3.63, 3.8) is 0 Å². The van der Waals surface area contributed by atoms with Gasteiger partial charge in [-0.3, -0.25) is 4.99 Å². The third-order valence-electron chi connectivity index (χ3n) is 4.02. The Morgan fingerprint density at radius 1 is 1.38 bits per heavy atom. The van der Waals surface area contributed by atoms with Crippen LogP contribution in [0.2, 0.25) is 5.02 Å². The van der Waals surface area contributed by atoms with Crippen LogP contribution in [-0.4, -0.2) is 68.6 Å². The quantitative estimate of drug-likeness (QED) is 0.453. The van der Waals surface area contributed by atoms with Gasteiger partial charge < -0.3 is 24.8 Å². The Labute approximate surface area is 161 Å². The van der Waals surface area contributed by atoms with Crippen molar-refractivity contribution < 1.29 is 14.6 Å². The van der Waals surface area contributed by atoms with E-state index in [1.54, 1.807) is 12.1 Å². The molecule has 1 atom stereocenters. The van der Waals surface area contributed by atoms with Crippen molar-refractivity contribution in [1.29, 1.82) is 0 Å². The molecule has 0 bridgehead atoms. The number of hydrogen-bond donors (Lipinski definition) is 2. The van der Waals surface area contributed by atoms with Crippen LogP contribution in [0.15, 0.2) is 29.3 Å². The molecule has 7 heteroatoms. The van der Waals surface area contributed by atoms with Gasteiger partial charge in [-0.05, 0) is 49.9 Å². The van der Waals surface area contributed by atoms with Crippen LogP contribution >= 0.6 is 11.6 Å². The Balaban J connectivity index is 1.71. The van der Waals surface area contributed by atoms with E-state index in [2.05, 4.69) is 10.3 Å². The number of ether oxygens (including phenoxy) is 2. The van der Waals surface area contributed by atoms with Crippen molar-refractivity contribution in [2.24, 2.45) is 10.9 Å². The van der Waals surface area contributed by atoms with Crippen molar-refractivity contribution in [3.8, 4) is 5.75 Å². The van der Waals surface area contributed by atoms with Gasteiger partial charge in [0.05, 0.1) is 25.8 Å². The van der Waals surface area contributed by atoms with Gasteiger partial charge in [-0.25, -0.2) is 0 Å². The largest absolute Gasteiger partial charge is 0.492 e. The van der Waals surface area contributed by atoms with Crippen LogP contribution in [0, 0.1) is 5.92 Å². The summed E-state index contributed by atoms with van der Waals surface area (Å²) in [6, 6.07) is 7.30. The summed E-state index contributed by atoms with van der Waals surface area (Å²) in [4.78, 5) is 6.48. The first-order valence-corrected chi connectivity index (χ1v) is 9.60. The van der Waals surface area contributed by atoms with Gasteiger partial charge in [-0.1, -0.05) is 11.6 Å². The molecule has 1 fully saturated rings. The lowest BCUT2D eigenvalue weighted by molar-refractivity contribution is 0.0367. The number of hydrogen-bond acceptors (Lipinski definition) is 4. The molecular formula is C19H30ClN3O3. The molecule has 1 aromatic rings. The molecule has 0 aromatic heterocycles. The number of nitrogens with one attached hydrogen (secondary N) is 1. The lowest BCUT2D eigenvalue weighted by Gasteiger charge is -2.22. The summed E-state index contributed by atoms with van der Waals surface area (Å²) < 4.78 is 11.2. The Morgan fingerprint density at radius 2 is 2.12 bits per heavy atom. The van der Waals surface area contributed by atoms with Crippen LogP contribution in [-0.2, 0) is 4.74 Å². The maximum Gasteiger partial charge on any atom is 0.193 e. The molecule has 0 amide bonds. The Morgan fingerprint density at radius 3 is 2.77 bits per heavy atom. The third-order valence-corrected chi connectivity index (χ3v) is 4.27. The lowest BCUT2D eigenvalue weighted by atomic mass is 10.3. The Bertz CT molecular complexity index is 549. The number of halogens is 1. The number of aliphatic hydroxyl groups is 1. The topological polar surface area (TPSA) is 66.3 Å². The van der Waals surface area contributed by atoms with Gasteiger partial charge in [-0.15, -0.1) is 0 Å². The Kier molecular flexibility index (Phi) is 9.01. The van der Waals surface area contributed by atoms with Crippen molar-refractivity contribution in [3.05, 3.63) is 29.3 Å². The van der Waals surface area contributed by atoms with Crippen LogP contribution < -0.4 is 10.1 Å². The monoisotopic (exact) mass is 383 g/mol. The summed E-state index contributed by atoms with van der Waals surface area (Å²) in [6.45, 7) is 5.37. The maximum atomic E-state index is 10.0. The van der Waals surface area contributed by atoms with E-state index in [0.717, 1.165) is 24.9 Å². The van der Waals surface area contributed by atoms with Gasteiger partial charge in [0.25, 0.3) is 0 Å². The van der Waals surface area contributed by atoms with Gasteiger partial charge in [-0.2, -0.15) is 0 Å². The molecule has 6 nitrogen and oxygen atoms in total. The van der Waals surface area contributed by atoms with E-state index in [0.29, 0.717) is 37.2 Å². The molecule has 1 aromatic carbocycles. The van der Waals surface area contributed by atoms with Crippen LogP contribution in [0.5, 0.6) is 5.75 Å². The van der Waals surface area contributed by atoms with Crippen molar-refractivity contribution in [1.82, 2.24) is 10.2 Å². The summed E-state index contributed by atoms with van der Waals surface area (Å²) in [5.41, 5.74) is 0. The highest BCUT2D eigenvalue weighted by Crippen LogP contribution is 2.28. The molecule has 1 saturated carbocycles. The minimum Gasteiger partial charge on any atom is -0.492 e. The van der Waals surface area contributed by atoms with Crippen LogP contribution in [0.25, 0.3) is 0 Å². The molecule has 0 aliphatic heterocycles. The van der Waals surface area contributed by atoms with E-state index in [-0.39, 0.29) is 0 Å². The van der Waals surface area contributed by atoms with E-state index in [1.165, 1.54) is 12.8 Å². The van der Waals surface area contributed by atoms with E-state index in [1.807, 2.05) is 31.0 Å². The minimum absolute atomic E-state index is 0.315. The van der Waals surface area contributed by atoms with E-state index >= 15 is 0 Å². The Hall–Kier alpha value is -1.50. The predicted octanol–water partition coefficient (Wildman–Crippen LogP) is 2.40. The molecule has 26 heavy (non-hydrogen) atoms. The number of likely N-dealkylation sites (N-methyl/N-ethyl adjacent to an activating group) is 1. The molecule has 1 aliphatic rings. The van der Waals surface area contributed by atoms with E-state index < -0.39 is 6.10 Å². The van der Waals surface area contributed by atoms with Crippen molar-refractivity contribution in [2.45, 2.75) is 25.9 Å². The zero-order chi connectivity index (χ0) is 18.8. The molecule has 146 valence electrons. The number of aliphatic hydroxyl groups excluding tert-OH is 1. The van der Waals surface area contributed by atoms with E-state index in [9.17, 15) is 5.11 Å². The number of nitrogens with zero attached hydrogens (tertiary/aromatic N) is 2. The highest BCUT2D eigenvalue weighted by Gasteiger charge is 2.21. The molecular weight excluding hydrogens is 354 g/mol. The zero-order valence-corrected chi connectivity index (χ0v) is 16.4. The number of guanidine groups is 1. The number of aliphatic imine (C=N–C) groups is 1. The summed E-state index contributed by atoms with van der Waals surface area (Å²) >= 11 is 5.87. The average molecular weight is 384 g/mol. The van der Waals surface area contributed by atoms with Gasteiger partial charge in [0.1, 0.15) is 12.4 Å². The normalized spacial score (nSPS) is 15.6. The highest BCUT2D eigenvalue weighted by atomic mass is 35.5. The number of rotatable bonds is 11. The fraction of sp³-hybridized carbons (Fsp3) is 0.632. The lowest BCUT2D eigenvalue weighted by Crippen LogP contribution is -2.41. The maximum absolute atomic E-state index is 10.0. The second-order valence-corrected chi connectivity index (χ2v) is 6.99. The summed E-state index contributed by atoms with van der Waals surface area (Å²) in [7, 11) is 1.95. The smallest absolute Gasteiger partial charge is 0.193 e. The van der Waals surface area contributed by atoms with Crippen LogP contribution in [0.3, 0.4) is 0 Å². The molecule has 0 spiro atoms. The second-order valence-electron chi connectivity index (χ2n) is 6.55. The summed E-state index contributed by atoms with van der Waals surface area (Å²) in [5.74, 6) is 2.23. The number of benzene rings is 1. The highest BCUT2D eigenvalue weighted by molar-refractivity contribution is 6.30. The molecule has 0 radical (unpaired) electrons. The first-order chi connectivity index (χ1) is 12.6. The summed E-state index contributed by atoms with van der Waals surface area (Å²) in [5, 5.41) is 13.9. The SMILES string of the molecule is CCNC(=NCC(O)COCC1CC1)N(C)CCOc1ccc(Cl)cc1. The van der Waals surface area contributed by atoms with Crippen molar-refractivity contribution in [2.75, 3.05) is 46.5 Å². The predicted molar refractivity (Wildman–Crippen MR) is 105 cm³/mol. The molecule has 2 N–H and O–H groups in total. The van der Waals surface area contributed by atoms with Gasteiger partial charge in [0.15, 0.2) is 5.96 Å². The van der Waals surface area contributed by atoms with Crippen LogP contribution in [0.1, 0.15) is 19.8 Å². The first kappa shape index (κ1) is 20.8. The molecule has 2 rings (SSSR count). The fourth-order valence-electron chi connectivity index (χ4n) is 2.31. The molecule has 0 saturated heterocycles. The third kappa shape index (κ3) is 8.25. The van der Waals surface area contributed by atoms with Crippen molar-refractivity contribution >= 4 is 17.6 Å². The summed E-state index contributed by atoms with van der Waals surface area (Å²) in [6.07, 6.45) is 1.92. The van der Waals surface area contributed by atoms with Gasteiger partial charge >= 0.3 is 0 Å². The average Bonchev–Trinajstić information content (AvgIpc) is 3.44. The second kappa shape index (κ2) is 11.3. The van der Waals surface area contributed by atoms with E-state index in [4.69, 9.17) is 21.1 Å². The van der Waals surface area contributed by atoms with Crippen LogP contribution in [0.4, 0.5) is 0 Å². The molecule has 1 aliphatic carbocycles. The minimum atomic E-state index is -0.582. The molecule has 1 unspecified atom stereocenters. The first-order valence-electron chi connectivity index (χ1n) is 9.22. The fourth-order valence-corrected chi connectivity index (χ4v) is 2.43. The van der Waals surface area contributed by atoms with Gasteiger partial charge in [0.2, 0.25) is 0 Å².